The normalized spacial score (nSPS) is 16.0. The number of amides is 2. The lowest BCUT2D eigenvalue weighted by Crippen LogP contribution is -2.41. The quantitative estimate of drug-likeness (QED) is 0.573. The van der Waals surface area contributed by atoms with Gasteiger partial charge in [-0.15, -0.1) is 0 Å². The van der Waals surface area contributed by atoms with Crippen molar-refractivity contribution in [2.45, 2.75) is 0 Å². The van der Waals surface area contributed by atoms with Gasteiger partial charge in [0.2, 0.25) is 5.91 Å². The first kappa shape index (κ1) is 19.4. The van der Waals surface area contributed by atoms with Crippen molar-refractivity contribution in [3.8, 4) is 5.75 Å². The van der Waals surface area contributed by atoms with Crippen molar-refractivity contribution in [2.75, 3.05) is 40.8 Å². The average molecular weight is 380 g/mol. The summed E-state index contributed by atoms with van der Waals surface area (Å²) in [6.45, 7) is 1.20. The van der Waals surface area contributed by atoms with Crippen LogP contribution in [0.25, 0.3) is 6.08 Å². The first-order valence-electron chi connectivity index (χ1n) is 7.71. The molecule has 1 fully saturated rings. The van der Waals surface area contributed by atoms with Crippen LogP contribution in [0.3, 0.4) is 0 Å². The molecule has 1 saturated heterocycles. The molecule has 1 aliphatic heterocycles. The average Bonchev–Trinajstić information content (AvgIpc) is 2.82. The molecule has 1 heterocycles. The van der Waals surface area contributed by atoms with Crippen LogP contribution in [0.4, 0.5) is 0 Å². The zero-order valence-electron chi connectivity index (χ0n) is 14.4. The Bertz CT molecular complexity index is 704. The Balaban J connectivity index is 2.01. The molecule has 8 heteroatoms. The van der Waals surface area contributed by atoms with E-state index in [4.69, 9.17) is 17.0 Å². The monoisotopic (exact) mass is 379 g/mol. The molecule has 0 spiro atoms. The number of carbonyl (C=O) groups excluding carboxylic acids is 2. The van der Waals surface area contributed by atoms with Gasteiger partial charge in [-0.3, -0.25) is 14.5 Å². The maximum Gasteiger partial charge on any atom is 0.266 e. The molecule has 0 radical (unpaired) electrons. The zero-order valence-corrected chi connectivity index (χ0v) is 16.1. The molecule has 1 aliphatic rings. The highest BCUT2D eigenvalue weighted by Gasteiger charge is 2.33. The number of rotatable bonds is 7. The zero-order chi connectivity index (χ0) is 18.4. The summed E-state index contributed by atoms with van der Waals surface area (Å²) in [6.07, 6.45) is 1.76. The highest BCUT2D eigenvalue weighted by atomic mass is 32.2. The summed E-state index contributed by atoms with van der Waals surface area (Å²) < 4.78 is 5.57. The molecule has 0 aromatic heterocycles. The van der Waals surface area contributed by atoms with E-state index in [1.54, 1.807) is 13.2 Å². The second-order valence-corrected chi connectivity index (χ2v) is 7.37. The van der Waals surface area contributed by atoms with E-state index in [9.17, 15) is 9.59 Å². The maximum atomic E-state index is 12.5. The van der Waals surface area contributed by atoms with Gasteiger partial charge in [0, 0.05) is 13.1 Å². The Kier molecular flexibility index (Phi) is 6.98. The van der Waals surface area contributed by atoms with Gasteiger partial charge in [0.15, 0.2) is 0 Å². The minimum atomic E-state index is -0.249. The number of methoxy groups -OCH3 is 1. The van der Waals surface area contributed by atoms with Crippen LogP contribution in [0.5, 0.6) is 5.75 Å². The number of nitrogens with zero attached hydrogens (tertiary/aromatic N) is 2. The summed E-state index contributed by atoms with van der Waals surface area (Å²) in [5, 5.41) is 2.78. The SMILES string of the molecule is COc1cccc(/C=C2\SC(=S)N(CC(=O)NCCN(C)C)C2=O)c1. The van der Waals surface area contributed by atoms with Gasteiger partial charge in [0.25, 0.3) is 5.91 Å². The number of thioether (sulfide) groups is 1. The summed E-state index contributed by atoms with van der Waals surface area (Å²) in [4.78, 5) is 28.3. The number of hydrogen-bond donors (Lipinski definition) is 1. The molecule has 25 heavy (non-hydrogen) atoms. The Morgan fingerprint density at radius 1 is 1.44 bits per heavy atom. The minimum Gasteiger partial charge on any atom is -0.497 e. The molecule has 0 aliphatic carbocycles. The van der Waals surface area contributed by atoms with Crippen molar-refractivity contribution in [3.05, 3.63) is 34.7 Å². The van der Waals surface area contributed by atoms with Gasteiger partial charge < -0.3 is 15.0 Å². The Labute approximate surface area is 157 Å². The van der Waals surface area contributed by atoms with Gasteiger partial charge in [-0.1, -0.05) is 36.1 Å². The van der Waals surface area contributed by atoms with Gasteiger partial charge in [-0.05, 0) is 37.9 Å². The first-order chi connectivity index (χ1) is 11.9. The molecule has 0 unspecified atom stereocenters. The molecule has 6 nitrogen and oxygen atoms in total. The summed E-state index contributed by atoms with van der Waals surface area (Å²) in [7, 11) is 5.45. The fraction of sp³-hybridized carbons (Fsp3) is 0.353. The Hall–Kier alpha value is -1.90. The molecular weight excluding hydrogens is 358 g/mol. The number of thiocarbonyl (C=S) groups is 1. The lowest BCUT2D eigenvalue weighted by molar-refractivity contribution is -0.128. The van der Waals surface area contributed by atoms with Crippen molar-refractivity contribution in [1.29, 1.82) is 0 Å². The van der Waals surface area contributed by atoms with E-state index in [0.29, 0.717) is 21.5 Å². The summed E-state index contributed by atoms with van der Waals surface area (Å²) in [5.74, 6) is 0.242. The number of hydrogen-bond acceptors (Lipinski definition) is 6. The Morgan fingerprint density at radius 3 is 2.88 bits per heavy atom. The van der Waals surface area contributed by atoms with Gasteiger partial charge >= 0.3 is 0 Å². The van der Waals surface area contributed by atoms with E-state index in [-0.39, 0.29) is 18.4 Å². The predicted molar refractivity (Wildman–Crippen MR) is 104 cm³/mol. The predicted octanol–water partition coefficient (Wildman–Crippen LogP) is 1.57. The molecule has 0 atom stereocenters. The van der Waals surface area contributed by atoms with Crippen LogP contribution in [0, 0.1) is 0 Å². The summed E-state index contributed by atoms with van der Waals surface area (Å²) in [5.41, 5.74) is 0.843. The van der Waals surface area contributed by atoms with E-state index in [2.05, 4.69) is 5.32 Å². The number of nitrogens with one attached hydrogen (secondary N) is 1. The molecule has 0 saturated carbocycles. The van der Waals surface area contributed by atoms with Crippen molar-refractivity contribution in [2.24, 2.45) is 0 Å². The van der Waals surface area contributed by atoms with Crippen LogP contribution in [-0.4, -0.2) is 66.8 Å². The molecule has 134 valence electrons. The number of ether oxygens (including phenoxy) is 1. The van der Waals surface area contributed by atoms with Crippen molar-refractivity contribution >= 4 is 46.2 Å². The largest absolute Gasteiger partial charge is 0.497 e. The topological polar surface area (TPSA) is 61.9 Å². The van der Waals surface area contributed by atoms with Gasteiger partial charge in [-0.25, -0.2) is 0 Å². The Morgan fingerprint density at radius 2 is 2.20 bits per heavy atom. The van der Waals surface area contributed by atoms with E-state index in [1.165, 1.54) is 16.7 Å². The third kappa shape index (κ3) is 5.55. The molecule has 2 amide bonds. The number of carbonyl (C=O) groups is 2. The fourth-order valence-electron chi connectivity index (χ4n) is 2.14. The second kappa shape index (κ2) is 8.98. The van der Waals surface area contributed by atoms with Gasteiger partial charge in [-0.2, -0.15) is 0 Å². The standard InChI is InChI=1S/C17H21N3O3S2/c1-19(2)8-7-18-15(21)11-20-16(22)14(25-17(20)24)10-12-5-4-6-13(9-12)23-3/h4-6,9-10H,7-8,11H2,1-3H3,(H,18,21)/b14-10-. The summed E-state index contributed by atoms with van der Waals surface area (Å²) >= 11 is 6.45. The third-order valence-corrected chi connectivity index (χ3v) is 4.83. The van der Waals surface area contributed by atoms with Crippen LogP contribution in [0.15, 0.2) is 29.2 Å². The number of likely N-dealkylation sites (N-methyl/N-ethyl adjacent to an activating group) is 1. The van der Waals surface area contributed by atoms with Crippen molar-refractivity contribution < 1.29 is 14.3 Å². The molecule has 1 aromatic carbocycles. The van der Waals surface area contributed by atoms with E-state index in [1.807, 2.05) is 43.3 Å². The van der Waals surface area contributed by atoms with Crippen molar-refractivity contribution in [3.63, 3.8) is 0 Å². The number of benzene rings is 1. The van der Waals surface area contributed by atoms with E-state index >= 15 is 0 Å². The summed E-state index contributed by atoms with van der Waals surface area (Å²) in [6, 6.07) is 7.40. The smallest absolute Gasteiger partial charge is 0.266 e. The van der Waals surface area contributed by atoms with Crippen LogP contribution in [0.1, 0.15) is 5.56 Å². The maximum absolute atomic E-state index is 12.5. The van der Waals surface area contributed by atoms with Crippen molar-refractivity contribution in [1.82, 2.24) is 15.1 Å². The molecule has 1 N–H and O–H groups in total. The molecular formula is C17H21N3O3S2. The lowest BCUT2D eigenvalue weighted by atomic mass is 10.2. The molecule has 1 aromatic rings. The third-order valence-electron chi connectivity index (χ3n) is 3.45. The van der Waals surface area contributed by atoms with Crippen LogP contribution in [-0.2, 0) is 9.59 Å². The lowest BCUT2D eigenvalue weighted by Gasteiger charge is -2.15. The minimum absolute atomic E-state index is 0.0620. The van der Waals surface area contributed by atoms with Gasteiger partial charge in [0.05, 0.1) is 12.0 Å². The fourth-order valence-corrected chi connectivity index (χ4v) is 3.39. The highest BCUT2D eigenvalue weighted by Crippen LogP contribution is 2.32. The van der Waals surface area contributed by atoms with Crippen LogP contribution in [0.2, 0.25) is 0 Å². The second-order valence-electron chi connectivity index (χ2n) is 5.70. The van der Waals surface area contributed by atoms with Crippen LogP contribution >= 0.6 is 24.0 Å². The molecule has 0 bridgehead atoms. The molecule has 2 rings (SSSR count). The highest BCUT2D eigenvalue weighted by molar-refractivity contribution is 8.26. The van der Waals surface area contributed by atoms with E-state index < -0.39 is 0 Å². The first-order valence-corrected chi connectivity index (χ1v) is 8.94. The van der Waals surface area contributed by atoms with Crippen LogP contribution < -0.4 is 10.1 Å². The van der Waals surface area contributed by atoms with Gasteiger partial charge in [0.1, 0.15) is 16.6 Å². The van der Waals surface area contributed by atoms with E-state index in [0.717, 1.165) is 12.1 Å².